The van der Waals surface area contributed by atoms with Crippen molar-refractivity contribution in [2.24, 2.45) is 10.4 Å². The number of ketones is 1. The van der Waals surface area contributed by atoms with Gasteiger partial charge in [-0.1, -0.05) is 43.9 Å². The molecule has 0 radical (unpaired) electrons. The van der Waals surface area contributed by atoms with Gasteiger partial charge in [0.1, 0.15) is 29.7 Å². The van der Waals surface area contributed by atoms with Crippen LogP contribution in [0.5, 0.6) is 0 Å². The second-order valence-corrected chi connectivity index (χ2v) is 12.0. The van der Waals surface area contributed by atoms with Crippen molar-refractivity contribution in [1.82, 2.24) is 0 Å². The number of halogens is 3. The van der Waals surface area contributed by atoms with Gasteiger partial charge in [-0.15, -0.1) is 0 Å². The first kappa shape index (κ1) is 36.5. The lowest BCUT2D eigenvalue weighted by molar-refractivity contribution is -0.116. The van der Waals surface area contributed by atoms with Crippen molar-refractivity contribution in [3.63, 3.8) is 0 Å². The number of methoxy groups -OCH3 is 1. The highest BCUT2D eigenvalue weighted by atomic mass is 19.3. The second-order valence-electron chi connectivity index (χ2n) is 12.0. The van der Waals surface area contributed by atoms with E-state index in [4.69, 9.17) is 9.47 Å². The van der Waals surface area contributed by atoms with E-state index in [2.05, 4.69) is 18.2 Å². The molecule has 0 unspecified atom stereocenters. The van der Waals surface area contributed by atoms with Crippen LogP contribution in [0.25, 0.3) is 5.70 Å². The third-order valence-corrected chi connectivity index (χ3v) is 7.19. The summed E-state index contributed by atoms with van der Waals surface area (Å²) in [5, 5.41) is 9.98. The Kier molecular flexibility index (Phi) is 12.4. The number of aliphatic imine (C=N–C) groups is 1. The van der Waals surface area contributed by atoms with E-state index in [1.54, 1.807) is 51.1 Å². The van der Waals surface area contributed by atoms with Crippen molar-refractivity contribution >= 4 is 17.2 Å². The first-order valence-corrected chi connectivity index (χ1v) is 14.7. The fraction of sp³-hybridized carbons (Fsp3) is 0.444. The first-order valence-electron chi connectivity index (χ1n) is 14.7. The Bertz CT molecular complexity index is 1410. The summed E-state index contributed by atoms with van der Waals surface area (Å²) in [7, 11) is 1.43. The number of ether oxygens (including phenoxy) is 2. The van der Waals surface area contributed by atoms with Gasteiger partial charge in [0.15, 0.2) is 0 Å². The van der Waals surface area contributed by atoms with Crippen LogP contribution in [0.2, 0.25) is 0 Å². The number of allylic oxidation sites excluding steroid dienone is 8. The second kappa shape index (κ2) is 14.9. The molecule has 1 fully saturated rings. The molecule has 0 aromatic heterocycles. The Morgan fingerprint density at radius 2 is 1.82 bits per heavy atom. The zero-order chi connectivity index (χ0) is 33.5. The predicted molar refractivity (Wildman–Crippen MR) is 172 cm³/mol. The number of benzene rings is 1. The van der Waals surface area contributed by atoms with Gasteiger partial charge >= 0.3 is 0 Å². The van der Waals surface area contributed by atoms with Crippen LogP contribution in [0, 0.1) is 11.2 Å². The Hall–Kier alpha value is -3.65. The maximum absolute atomic E-state index is 14.4. The fourth-order valence-electron chi connectivity index (χ4n) is 4.62. The van der Waals surface area contributed by atoms with Crippen LogP contribution in [-0.4, -0.2) is 41.8 Å². The number of hydrogen-bond acceptors (Lipinski definition) is 5. The van der Waals surface area contributed by atoms with Crippen molar-refractivity contribution in [2.75, 3.05) is 13.7 Å². The van der Waals surface area contributed by atoms with Crippen LogP contribution in [0.15, 0.2) is 88.9 Å². The number of rotatable bonds is 12. The molecule has 2 aliphatic carbocycles. The molecule has 240 valence electrons. The zero-order valence-electron chi connectivity index (χ0n) is 27.2. The van der Waals surface area contributed by atoms with Gasteiger partial charge in [0.25, 0.3) is 5.92 Å². The van der Waals surface area contributed by atoms with E-state index < -0.39 is 22.8 Å². The highest BCUT2D eigenvalue weighted by Crippen LogP contribution is 2.61. The SMILES string of the molecule is C=C(C)/C=C(\OC)C1(C(C)(F)F)CC1.C=C1C=C(CC)C(OCC(C)(C)O)=CC1=N/C(=C\C)c1ccc(CC(C)=O)c(F)c1. The fourth-order valence-corrected chi connectivity index (χ4v) is 4.62. The number of carbonyl (C=O) groups excluding carboxylic acids is 1. The molecule has 1 saturated carbocycles. The molecule has 0 atom stereocenters. The Balaban J connectivity index is 0.000000402. The lowest BCUT2D eigenvalue weighted by Crippen LogP contribution is -2.28. The molecule has 3 rings (SSSR count). The smallest absolute Gasteiger partial charge is 0.257 e. The summed E-state index contributed by atoms with van der Waals surface area (Å²) >= 11 is 0. The van der Waals surface area contributed by atoms with Crippen molar-refractivity contribution in [3.8, 4) is 0 Å². The van der Waals surface area contributed by atoms with E-state index >= 15 is 0 Å². The molecule has 1 aromatic carbocycles. The van der Waals surface area contributed by atoms with E-state index in [9.17, 15) is 23.1 Å². The molecular weight excluding hydrogens is 567 g/mol. The average Bonchev–Trinajstić information content (AvgIpc) is 3.73. The van der Waals surface area contributed by atoms with E-state index in [1.807, 2.05) is 19.9 Å². The summed E-state index contributed by atoms with van der Waals surface area (Å²) in [6.07, 6.45) is 8.92. The summed E-state index contributed by atoms with van der Waals surface area (Å²) in [5.41, 5.74) is 2.59. The van der Waals surface area contributed by atoms with E-state index in [0.717, 1.165) is 30.1 Å². The Morgan fingerprint density at radius 1 is 1.18 bits per heavy atom. The largest absolute Gasteiger partial charge is 0.500 e. The van der Waals surface area contributed by atoms with Crippen molar-refractivity contribution in [1.29, 1.82) is 0 Å². The molecule has 2 aliphatic rings. The normalized spacial score (nSPS) is 17.7. The van der Waals surface area contributed by atoms with Crippen LogP contribution in [0.4, 0.5) is 13.2 Å². The minimum atomic E-state index is -2.72. The van der Waals surface area contributed by atoms with Gasteiger partial charge in [0.2, 0.25) is 0 Å². The number of alkyl halides is 2. The van der Waals surface area contributed by atoms with Crippen LogP contribution in [-0.2, 0) is 20.7 Å². The number of nitrogens with zero attached hydrogens (tertiary/aromatic N) is 1. The van der Waals surface area contributed by atoms with Gasteiger partial charge in [-0.25, -0.2) is 18.2 Å². The quantitative estimate of drug-likeness (QED) is 0.189. The maximum atomic E-state index is 14.4. The van der Waals surface area contributed by atoms with Crippen LogP contribution < -0.4 is 0 Å². The highest BCUT2D eigenvalue weighted by molar-refractivity contribution is 6.13. The minimum Gasteiger partial charge on any atom is -0.500 e. The molecule has 0 spiro atoms. The monoisotopic (exact) mass is 613 g/mol. The molecule has 0 bridgehead atoms. The van der Waals surface area contributed by atoms with Crippen molar-refractivity contribution in [3.05, 3.63) is 101 Å². The maximum Gasteiger partial charge on any atom is 0.257 e. The summed E-state index contributed by atoms with van der Waals surface area (Å²) in [6.45, 7) is 19.3. The standard InChI is InChI=1S/C25H30FNO3.C11H16F2O/c1-7-18-11-16(3)23(14-24(18)30-15-25(5,6)29)27-22(8-2)20-10-9-19(12-17(4)28)21(26)13-20;1-8(2)7-9(14-4)11(5-6-11)10(3,12)13/h8-11,13-14,29H,3,7,12,15H2,1-2,4-6H3;7H,1,5-6H2,2-4H3/b22-8-,27-23?;9-7-. The number of Topliss-reactive ketones (excluding diaryl/α,β-unsaturated/α-hetero) is 1. The van der Waals surface area contributed by atoms with Crippen LogP contribution in [0.1, 0.15) is 78.9 Å². The molecule has 0 heterocycles. The Morgan fingerprint density at radius 3 is 2.25 bits per heavy atom. The minimum absolute atomic E-state index is 0.0673. The summed E-state index contributed by atoms with van der Waals surface area (Å²) < 4.78 is 51.9. The lowest BCUT2D eigenvalue weighted by atomic mass is 9.95. The molecule has 5 nitrogen and oxygen atoms in total. The predicted octanol–water partition coefficient (Wildman–Crippen LogP) is 8.86. The van der Waals surface area contributed by atoms with Gasteiger partial charge in [0, 0.05) is 25.0 Å². The van der Waals surface area contributed by atoms with Crippen molar-refractivity contribution < 1.29 is 32.5 Å². The van der Waals surface area contributed by atoms with Gasteiger partial charge in [-0.3, -0.25) is 4.79 Å². The third kappa shape index (κ3) is 9.94. The first-order chi connectivity index (χ1) is 20.4. The van der Waals surface area contributed by atoms with Gasteiger partial charge < -0.3 is 14.6 Å². The summed E-state index contributed by atoms with van der Waals surface area (Å²) in [4.78, 5) is 16.0. The van der Waals surface area contributed by atoms with Crippen LogP contribution >= 0.6 is 0 Å². The van der Waals surface area contributed by atoms with Gasteiger partial charge in [-0.2, -0.15) is 0 Å². The van der Waals surface area contributed by atoms with Crippen LogP contribution in [0.3, 0.4) is 0 Å². The Labute approximate surface area is 260 Å². The average molecular weight is 614 g/mol. The molecule has 0 amide bonds. The van der Waals surface area contributed by atoms with E-state index in [1.165, 1.54) is 20.1 Å². The molecule has 0 saturated heterocycles. The summed E-state index contributed by atoms with van der Waals surface area (Å²) in [6, 6.07) is 4.77. The molecule has 44 heavy (non-hydrogen) atoms. The molecular formula is C36H46F3NO4. The van der Waals surface area contributed by atoms with Gasteiger partial charge in [0.05, 0.1) is 29.5 Å². The van der Waals surface area contributed by atoms with Gasteiger partial charge in [-0.05, 0) is 88.8 Å². The highest BCUT2D eigenvalue weighted by Gasteiger charge is 2.62. The molecule has 1 N–H and O–H groups in total. The molecule has 8 heteroatoms. The number of hydrogen-bond donors (Lipinski definition) is 1. The molecule has 0 aliphatic heterocycles. The third-order valence-electron chi connectivity index (χ3n) is 7.19. The topological polar surface area (TPSA) is 68.1 Å². The number of carbonyl (C=O) groups is 1. The zero-order valence-corrected chi connectivity index (χ0v) is 27.2. The lowest BCUT2D eigenvalue weighted by Gasteiger charge is -2.24. The van der Waals surface area contributed by atoms with E-state index in [-0.39, 0.29) is 18.8 Å². The number of aliphatic hydroxyl groups is 1. The van der Waals surface area contributed by atoms with Crippen molar-refractivity contribution in [2.45, 2.75) is 85.7 Å². The summed E-state index contributed by atoms with van der Waals surface area (Å²) in [5.74, 6) is -2.23. The molecule has 1 aromatic rings. The van der Waals surface area contributed by atoms with E-state index in [0.29, 0.717) is 46.9 Å².